The molecular formula is C16H15N5S2. The Morgan fingerprint density at radius 1 is 1.09 bits per heavy atom. The van der Waals surface area contributed by atoms with Crippen LogP contribution in [0.4, 0.5) is 5.82 Å². The molecule has 2 N–H and O–H groups in total. The van der Waals surface area contributed by atoms with Crippen molar-refractivity contribution in [2.24, 2.45) is 4.99 Å². The smallest absolute Gasteiger partial charge is 0.142 e. The number of thiazole rings is 1. The third-order valence-corrected chi connectivity index (χ3v) is 5.44. The van der Waals surface area contributed by atoms with Crippen LogP contribution in [0.15, 0.2) is 52.4 Å². The van der Waals surface area contributed by atoms with Crippen molar-refractivity contribution >= 4 is 34.2 Å². The fourth-order valence-electron chi connectivity index (χ4n) is 2.65. The molecule has 0 spiro atoms. The van der Waals surface area contributed by atoms with Crippen LogP contribution in [-0.4, -0.2) is 28.9 Å². The number of likely N-dealkylation sites (N-methyl/N-ethyl adjacent to an activating group) is 1. The summed E-state index contributed by atoms with van der Waals surface area (Å²) in [4.78, 5) is 15.2. The molecule has 4 heterocycles. The van der Waals surface area contributed by atoms with Gasteiger partial charge >= 0.3 is 0 Å². The summed E-state index contributed by atoms with van der Waals surface area (Å²) in [6.45, 7) is 0. The van der Waals surface area contributed by atoms with Gasteiger partial charge in [-0.25, -0.2) is 9.97 Å². The third-order valence-electron chi connectivity index (χ3n) is 3.72. The molecule has 1 aliphatic rings. The number of aromatic nitrogens is 2. The summed E-state index contributed by atoms with van der Waals surface area (Å²) >= 11 is 3.31. The number of pyridine rings is 1. The van der Waals surface area contributed by atoms with Gasteiger partial charge in [0, 0.05) is 28.2 Å². The molecule has 3 aromatic heterocycles. The number of nitrogens with one attached hydrogen (secondary N) is 2. The van der Waals surface area contributed by atoms with E-state index >= 15 is 0 Å². The molecule has 0 bridgehead atoms. The van der Waals surface area contributed by atoms with Crippen molar-refractivity contribution in [2.45, 2.75) is 12.2 Å². The quantitative estimate of drug-likeness (QED) is 0.768. The molecule has 0 fully saturated rings. The Bertz CT molecular complexity index is 811. The van der Waals surface area contributed by atoms with E-state index in [9.17, 15) is 0 Å². The summed E-state index contributed by atoms with van der Waals surface area (Å²) < 4.78 is 0. The Labute approximate surface area is 142 Å². The van der Waals surface area contributed by atoms with E-state index in [0.29, 0.717) is 0 Å². The van der Waals surface area contributed by atoms with Crippen LogP contribution in [0.25, 0.3) is 0 Å². The monoisotopic (exact) mass is 341 g/mol. The molecule has 3 aromatic rings. The van der Waals surface area contributed by atoms with Gasteiger partial charge < -0.3 is 5.32 Å². The first-order chi connectivity index (χ1) is 11.4. The molecule has 116 valence electrons. The van der Waals surface area contributed by atoms with Crippen LogP contribution < -0.4 is 10.6 Å². The molecule has 5 nitrogen and oxygen atoms in total. The predicted octanol–water partition coefficient (Wildman–Crippen LogP) is 3.15. The highest BCUT2D eigenvalue weighted by molar-refractivity contribution is 7.12. The molecule has 23 heavy (non-hydrogen) atoms. The average molecular weight is 341 g/mol. The molecule has 7 heteroatoms. The first-order valence-electron chi connectivity index (χ1n) is 7.27. The van der Waals surface area contributed by atoms with Crippen LogP contribution in [0.5, 0.6) is 0 Å². The topological polar surface area (TPSA) is 62.2 Å². The lowest BCUT2D eigenvalue weighted by Gasteiger charge is -2.22. The van der Waals surface area contributed by atoms with Gasteiger partial charge in [0.15, 0.2) is 0 Å². The summed E-state index contributed by atoms with van der Waals surface area (Å²) in [5, 5.41) is 11.8. The first-order valence-corrected chi connectivity index (χ1v) is 9.03. The average Bonchev–Trinajstić information content (AvgIpc) is 3.26. The summed E-state index contributed by atoms with van der Waals surface area (Å²) in [5.41, 5.74) is 1.88. The van der Waals surface area contributed by atoms with Crippen LogP contribution in [0.1, 0.15) is 21.5 Å². The largest absolute Gasteiger partial charge is 0.352 e. The van der Waals surface area contributed by atoms with Gasteiger partial charge in [-0.1, -0.05) is 6.07 Å². The maximum atomic E-state index is 5.06. The minimum absolute atomic E-state index is 0.0280. The highest BCUT2D eigenvalue weighted by Gasteiger charge is 2.29. The maximum Gasteiger partial charge on any atom is 0.142 e. The lowest BCUT2D eigenvalue weighted by molar-refractivity contribution is 0.529. The van der Waals surface area contributed by atoms with Crippen molar-refractivity contribution in [3.05, 3.63) is 62.9 Å². The Morgan fingerprint density at radius 2 is 2.04 bits per heavy atom. The van der Waals surface area contributed by atoms with Gasteiger partial charge in [0.2, 0.25) is 0 Å². The molecule has 0 aromatic carbocycles. The van der Waals surface area contributed by atoms with E-state index in [-0.39, 0.29) is 12.2 Å². The minimum atomic E-state index is -0.0342. The van der Waals surface area contributed by atoms with Crippen LogP contribution in [0, 0.1) is 0 Å². The van der Waals surface area contributed by atoms with E-state index in [1.807, 2.05) is 30.8 Å². The number of anilines is 1. The van der Waals surface area contributed by atoms with Crippen LogP contribution >= 0.6 is 22.7 Å². The Kier molecular flexibility index (Phi) is 3.90. The minimum Gasteiger partial charge on any atom is -0.352 e. The van der Waals surface area contributed by atoms with Gasteiger partial charge in [0.25, 0.3) is 0 Å². The summed E-state index contributed by atoms with van der Waals surface area (Å²) in [7, 11) is 1.94. The number of rotatable bonds is 3. The van der Waals surface area contributed by atoms with Crippen LogP contribution in [-0.2, 0) is 0 Å². The van der Waals surface area contributed by atoms with Crippen molar-refractivity contribution in [2.75, 3.05) is 12.4 Å². The Hall–Kier alpha value is -2.09. The number of hydrogen-bond acceptors (Lipinski definition) is 7. The fourth-order valence-corrected chi connectivity index (χ4v) is 4.10. The lowest BCUT2D eigenvalue weighted by Crippen LogP contribution is -2.38. The predicted molar refractivity (Wildman–Crippen MR) is 95.5 cm³/mol. The molecule has 0 saturated heterocycles. The van der Waals surface area contributed by atoms with Crippen molar-refractivity contribution in [1.82, 2.24) is 15.3 Å². The molecule has 1 aliphatic heterocycles. The Morgan fingerprint density at radius 3 is 2.78 bits per heavy atom. The molecule has 4 rings (SSSR count). The molecule has 2 unspecified atom stereocenters. The third kappa shape index (κ3) is 2.67. The first kappa shape index (κ1) is 14.5. The van der Waals surface area contributed by atoms with Crippen molar-refractivity contribution < 1.29 is 0 Å². The zero-order chi connectivity index (χ0) is 15.6. The van der Waals surface area contributed by atoms with E-state index < -0.39 is 0 Å². The fraction of sp³-hybridized carbons (Fsp3) is 0.188. The van der Waals surface area contributed by atoms with E-state index in [1.165, 1.54) is 4.88 Å². The highest BCUT2D eigenvalue weighted by atomic mass is 32.1. The zero-order valence-electron chi connectivity index (χ0n) is 12.4. The van der Waals surface area contributed by atoms with E-state index in [0.717, 1.165) is 22.1 Å². The normalized spacial score (nSPS) is 20.3. The number of fused-ring (bicyclic) bond motifs is 1. The summed E-state index contributed by atoms with van der Waals surface area (Å²) in [6, 6.07) is 8.12. The molecular weight excluding hydrogens is 326 g/mol. The van der Waals surface area contributed by atoms with E-state index in [1.54, 1.807) is 28.9 Å². The second kappa shape index (κ2) is 6.19. The number of thiophene rings is 1. The lowest BCUT2D eigenvalue weighted by atomic mass is 10.1. The maximum absolute atomic E-state index is 5.06. The number of aliphatic imine (C=N–C) groups is 1. The number of nitrogens with zero attached hydrogens (tertiary/aromatic N) is 3. The standard InChI is InChI=1S/C16H15N5S2/c1-17-15-13(11-5-3-8-22-11)20-12(16-19-7-9-23-16)10-4-2-6-18-14(10)21-15/h2-9,13,15,17H,1H3,(H,18,21). The van der Waals surface area contributed by atoms with Crippen molar-refractivity contribution in [3.8, 4) is 0 Å². The van der Waals surface area contributed by atoms with E-state index in [2.05, 4.69) is 38.1 Å². The van der Waals surface area contributed by atoms with Gasteiger partial charge in [-0.15, -0.1) is 22.7 Å². The van der Waals surface area contributed by atoms with Gasteiger partial charge in [0.1, 0.15) is 28.7 Å². The van der Waals surface area contributed by atoms with Crippen molar-refractivity contribution in [1.29, 1.82) is 0 Å². The van der Waals surface area contributed by atoms with Gasteiger partial charge in [-0.3, -0.25) is 10.3 Å². The summed E-state index contributed by atoms with van der Waals surface area (Å²) in [6.07, 6.45) is 3.58. The highest BCUT2D eigenvalue weighted by Crippen LogP contribution is 2.32. The van der Waals surface area contributed by atoms with Gasteiger partial charge in [0.05, 0.1) is 0 Å². The van der Waals surface area contributed by atoms with Gasteiger partial charge in [-0.2, -0.15) is 0 Å². The van der Waals surface area contributed by atoms with Crippen LogP contribution in [0.2, 0.25) is 0 Å². The molecule has 0 amide bonds. The summed E-state index contributed by atoms with van der Waals surface area (Å²) in [5.74, 6) is 0.833. The second-order valence-electron chi connectivity index (χ2n) is 5.09. The molecule has 0 aliphatic carbocycles. The molecule has 0 saturated carbocycles. The zero-order valence-corrected chi connectivity index (χ0v) is 14.1. The SMILES string of the molecule is CNC1Nc2ncccc2C(c2nccs2)=NC1c1cccs1. The van der Waals surface area contributed by atoms with E-state index in [4.69, 9.17) is 4.99 Å². The molecule has 0 radical (unpaired) electrons. The second-order valence-corrected chi connectivity index (χ2v) is 6.96. The van der Waals surface area contributed by atoms with Gasteiger partial charge in [-0.05, 0) is 30.6 Å². The molecule has 2 atom stereocenters. The Balaban J connectivity index is 1.91. The van der Waals surface area contributed by atoms with Crippen LogP contribution in [0.3, 0.4) is 0 Å². The van der Waals surface area contributed by atoms with Crippen molar-refractivity contribution in [3.63, 3.8) is 0 Å². The number of hydrogen-bond donors (Lipinski definition) is 2.